The Bertz CT molecular complexity index is 1070. The first-order valence-electron chi connectivity index (χ1n) is 6.95. The summed E-state index contributed by atoms with van der Waals surface area (Å²) >= 11 is 6.04. The first-order chi connectivity index (χ1) is 11.2. The molecule has 0 bridgehead atoms. The van der Waals surface area contributed by atoms with Crippen molar-refractivity contribution in [3.05, 3.63) is 64.2 Å². The SMILES string of the molecule is COc1ccc(-c2coc3c2c(=O)oc2ccc(Cl)cc23)cc1. The van der Waals surface area contributed by atoms with Gasteiger partial charge in [-0.05, 0) is 35.9 Å². The summed E-state index contributed by atoms with van der Waals surface area (Å²) in [5.41, 5.74) is 2.01. The second-order valence-corrected chi connectivity index (χ2v) is 5.55. The summed E-state index contributed by atoms with van der Waals surface area (Å²) in [5.74, 6) is 0.741. The molecule has 0 aliphatic carbocycles. The van der Waals surface area contributed by atoms with E-state index in [1.54, 1.807) is 31.6 Å². The highest BCUT2D eigenvalue weighted by Gasteiger charge is 2.17. The third-order valence-corrected chi connectivity index (χ3v) is 4.02. The number of benzene rings is 2. The van der Waals surface area contributed by atoms with Crippen molar-refractivity contribution in [1.82, 2.24) is 0 Å². The minimum atomic E-state index is -0.436. The van der Waals surface area contributed by atoms with Gasteiger partial charge < -0.3 is 13.6 Å². The van der Waals surface area contributed by atoms with E-state index in [1.165, 1.54) is 0 Å². The van der Waals surface area contributed by atoms with Gasteiger partial charge in [-0.3, -0.25) is 0 Å². The summed E-state index contributed by atoms with van der Waals surface area (Å²) in [6, 6.07) is 12.4. The van der Waals surface area contributed by atoms with Gasteiger partial charge in [0.05, 0.1) is 18.8 Å². The predicted octanol–water partition coefficient (Wildman–Crippen LogP) is 4.87. The highest BCUT2D eigenvalue weighted by Crippen LogP contribution is 2.34. The number of methoxy groups -OCH3 is 1. The zero-order valence-electron chi connectivity index (χ0n) is 12.1. The molecule has 0 radical (unpaired) electrons. The fourth-order valence-electron chi connectivity index (χ4n) is 2.66. The van der Waals surface area contributed by atoms with E-state index >= 15 is 0 Å². The van der Waals surface area contributed by atoms with Crippen LogP contribution in [0.3, 0.4) is 0 Å². The monoisotopic (exact) mass is 326 g/mol. The number of hydrogen-bond donors (Lipinski definition) is 0. The van der Waals surface area contributed by atoms with Crippen LogP contribution >= 0.6 is 11.6 Å². The van der Waals surface area contributed by atoms with Gasteiger partial charge in [0.15, 0.2) is 5.58 Å². The lowest BCUT2D eigenvalue weighted by molar-refractivity contribution is 0.415. The normalized spacial score (nSPS) is 11.2. The lowest BCUT2D eigenvalue weighted by Crippen LogP contribution is -1.99. The maximum atomic E-state index is 12.4. The molecular formula is C18H11ClO4. The summed E-state index contributed by atoms with van der Waals surface area (Å²) in [6.07, 6.45) is 1.56. The van der Waals surface area contributed by atoms with Crippen LogP contribution in [0.5, 0.6) is 5.75 Å². The molecule has 114 valence electrons. The van der Waals surface area contributed by atoms with Crippen molar-refractivity contribution in [2.24, 2.45) is 0 Å². The Hall–Kier alpha value is -2.72. The van der Waals surface area contributed by atoms with Gasteiger partial charge in [-0.25, -0.2) is 4.79 Å². The van der Waals surface area contributed by atoms with Crippen molar-refractivity contribution in [3.63, 3.8) is 0 Å². The summed E-state index contributed by atoms with van der Waals surface area (Å²) in [7, 11) is 1.60. The number of halogens is 1. The van der Waals surface area contributed by atoms with Gasteiger partial charge in [-0.2, -0.15) is 0 Å². The molecule has 0 saturated carbocycles. The van der Waals surface area contributed by atoms with Crippen LogP contribution in [0.25, 0.3) is 33.1 Å². The van der Waals surface area contributed by atoms with E-state index in [2.05, 4.69) is 0 Å². The molecule has 0 amide bonds. The van der Waals surface area contributed by atoms with E-state index in [-0.39, 0.29) is 0 Å². The quantitative estimate of drug-likeness (QED) is 0.493. The Morgan fingerprint density at radius 2 is 1.87 bits per heavy atom. The first kappa shape index (κ1) is 13.9. The Morgan fingerprint density at radius 3 is 2.61 bits per heavy atom. The number of furan rings is 1. The van der Waals surface area contributed by atoms with E-state index in [4.69, 9.17) is 25.2 Å². The summed E-state index contributed by atoms with van der Waals surface area (Å²) in [5, 5.41) is 1.63. The van der Waals surface area contributed by atoms with Crippen LogP contribution in [0.1, 0.15) is 0 Å². The van der Waals surface area contributed by atoms with Gasteiger partial charge in [0.25, 0.3) is 0 Å². The highest BCUT2D eigenvalue weighted by atomic mass is 35.5. The molecular weight excluding hydrogens is 316 g/mol. The Morgan fingerprint density at radius 1 is 1.09 bits per heavy atom. The fraction of sp³-hybridized carbons (Fsp3) is 0.0556. The molecule has 2 heterocycles. The maximum absolute atomic E-state index is 12.4. The second-order valence-electron chi connectivity index (χ2n) is 5.11. The van der Waals surface area contributed by atoms with Crippen molar-refractivity contribution >= 4 is 33.5 Å². The minimum absolute atomic E-state index is 0.407. The van der Waals surface area contributed by atoms with E-state index in [1.807, 2.05) is 24.3 Å². The van der Waals surface area contributed by atoms with Crippen molar-refractivity contribution in [3.8, 4) is 16.9 Å². The number of fused-ring (bicyclic) bond motifs is 3. The van der Waals surface area contributed by atoms with Crippen LogP contribution in [0.2, 0.25) is 5.02 Å². The lowest BCUT2D eigenvalue weighted by atomic mass is 10.0. The van der Waals surface area contributed by atoms with Gasteiger partial charge in [-0.15, -0.1) is 0 Å². The molecule has 0 N–H and O–H groups in total. The van der Waals surface area contributed by atoms with E-state index in [0.717, 1.165) is 11.3 Å². The smallest absolute Gasteiger partial charge is 0.348 e. The standard InChI is InChI=1S/C18H11ClO4/c1-21-12-5-2-10(3-6-12)14-9-22-17-13-8-11(19)4-7-15(13)23-18(20)16(14)17/h2-9H,1H3. The first-order valence-corrected chi connectivity index (χ1v) is 7.33. The predicted molar refractivity (Wildman–Crippen MR) is 89.3 cm³/mol. The third kappa shape index (κ3) is 2.19. The maximum Gasteiger partial charge on any atom is 0.348 e. The topological polar surface area (TPSA) is 52.6 Å². The van der Waals surface area contributed by atoms with Crippen LogP contribution < -0.4 is 10.4 Å². The van der Waals surface area contributed by atoms with Crippen LogP contribution in [0, 0.1) is 0 Å². The average Bonchev–Trinajstić information content (AvgIpc) is 3.02. The molecule has 4 rings (SSSR count). The van der Waals surface area contributed by atoms with Crippen LogP contribution in [-0.2, 0) is 0 Å². The summed E-state index contributed by atoms with van der Waals surface area (Å²) in [6.45, 7) is 0. The molecule has 4 nitrogen and oxygen atoms in total. The second kappa shape index (κ2) is 5.18. The van der Waals surface area contributed by atoms with E-state index in [9.17, 15) is 4.79 Å². The molecule has 0 atom stereocenters. The Labute approximate surface area is 135 Å². The van der Waals surface area contributed by atoms with Crippen molar-refractivity contribution in [2.75, 3.05) is 7.11 Å². The average molecular weight is 327 g/mol. The lowest BCUT2D eigenvalue weighted by Gasteiger charge is -2.02. The molecule has 0 aliphatic rings. The summed E-state index contributed by atoms with van der Waals surface area (Å²) < 4.78 is 16.2. The molecule has 2 aromatic carbocycles. The van der Waals surface area contributed by atoms with Gasteiger partial charge in [0.1, 0.15) is 16.7 Å². The van der Waals surface area contributed by atoms with Gasteiger partial charge >= 0.3 is 5.63 Å². The van der Waals surface area contributed by atoms with Crippen molar-refractivity contribution < 1.29 is 13.6 Å². The molecule has 0 spiro atoms. The molecule has 4 aromatic rings. The molecule has 0 fully saturated rings. The van der Waals surface area contributed by atoms with Gasteiger partial charge in [0, 0.05) is 10.6 Å². The van der Waals surface area contributed by atoms with Gasteiger partial charge in [-0.1, -0.05) is 23.7 Å². The molecule has 0 saturated heterocycles. The zero-order valence-corrected chi connectivity index (χ0v) is 12.9. The van der Waals surface area contributed by atoms with Crippen LogP contribution in [0.4, 0.5) is 0 Å². The van der Waals surface area contributed by atoms with E-state index < -0.39 is 5.63 Å². The van der Waals surface area contributed by atoms with Crippen LogP contribution in [0.15, 0.2) is 62.4 Å². The third-order valence-electron chi connectivity index (χ3n) is 3.79. The fourth-order valence-corrected chi connectivity index (χ4v) is 2.83. The van der Waals surface area contributed by atoms with Crippen molar-refractivity contribution in [1.29, 1.82) is 0 Å². The molecule has 0 unspecified atom stereocenters. The molecule has 2 aromatic heterocycles. The molecule has 5 heteroatoms. The van der Waals surface area contributed by atoms with Gasteiger partial charge in [0.2, 0.25) is 0 Å². The number of ether oxygens (including phenoxy) is 1. The van der Waals surface area contributed by atoms with E-state index in [0.29, 0.717) is 32.5 Å². The molecule has 0 aliphatic heterocycles. The Kier molecular flexibility index (Phi) is 3.13. The summed E-state index contributed by atoms with van der Waals surface area (Å²) in [4.78, 5) is 12.4. The Balaban J connectivity index is 2.03. The molecule has 23 heavy (non-hydrogen) atoms. The minimum Gasteiger partial charge on any atom is -0.497 e. The highest BCUT2D eigenvalue weighted by molar-refractivity contribution is 6.31. The van der Waals surface area contributed by atoms with Crippen LogP contribution in [-0.4, -0.2) is 7.11 Å². The zero-order chi connectivity index (χ0) is 16.0. The number of rotatable bonds is 2. The van der Waals surface area contributed by atoms with Crippen molar-refractivity contribution in [2.45, 2.75) is 0 Å². The largest absolute Gasteiger partial charge is 0.497 e. The number of hydrogen-bond acceptors (Lipinski definition) is 4.